The van der Waals surface area contributed by atoms with Gasteiger partial charge in [0, 0.05) is 22.7 Å². The van der Waals surface area contributed by atoms with Crippen molar-refractivity contribution in [3.8, 4) is 0 Å². The summed E-state index contributed by atoms with van der Waals surface area (Å²) in [5.74, 6) is 0.731. The molecule has 1 heterocycles. The summed E-state index contributed by atoms with van der Waals surface area (Å²) in [6, 6.07) is 8.60. The summed E-state index contributed by atoms with van der Waals surface area (Å²) in [7, 11) is 0. The Balaban J connectivity index is 1.77. The Morgan fingerprint density at radius 2 is 2.12 bits per heavy atom. The normalized spacial score (nSPS) is 18.2. The number of halogens is 1. The minimum Gasteiger partial charge on any atom is -0.306 e. The van der Waals surface area contributed by atoms with Gasteiger partial charge < -0.3 is 5.32 Å². The number of hydrogen-bond donors (Lipinski definition) is 1. The van der Waals surface area contributed by atoms with Crippen LogP contribution in [0.3, 0.4) is 0 Å². The predicted molar refractivity (Wildman–Crippen MR) is 76.0 cm³/mol. The maximum absolute atomic E-state index is 6.06. The molecule has 1 aromatic heterocycles. The number of alkyl halides is 1. The molecule has 0 spiro atoms. The third kappa shape index (κ3) is 2.10. The third-order valence-electron chi connectivity index (χ3n) is 3.78. The number of fused-ring (bicyclic) bond motifs is 1. The highest BCUT2D eigenvalue weighted by molar-refractivity contribution is 7.17. The Kier molecular flexibility index (Phi) is 3.12. The first kappa shape index (κ1) is 11.5. The van der Waals surface area contributed by atoms with Crippen LogP contribution in [0, 0.1) is 0 Å². The van der Waals surface area contributed by atoms with Crippen LogP contribution in [0.25, 0.3) is 10.1 Å². The lowest BCUT2D eigenvalue weighted by atomic mass is 9.78. The van der Waals surface area contributed by atoms with Gasteiger partial charge in [0.1, 0.15) is 0 Å². The van der Waals surface area contributed by atoms with E-state index in [-0.39, 0.29) is 5.54 Å². The van der Waals surface area contributed by atoms with E-state index in [0.29, 0.717) is 0 Å². The van der Waals surface area contributed by atoms with Crippen molar-refractivity contribution in [2.24, 2.45) is 0 Å². The van der Waals surface area contributed by atoms with E-state index in [9.17, 15) is 0 Å². The average molecular weight is 266 g/mol. The van der Waals surface area contributed by atoms with E-state index >= 15 is 0 Å². The molecule has 0 amide bonds. The molecule has 0 atom stereocenters. The summed E-state index contributed by atoms with van der Waals surface area (Å²) in [6.45, 7) is 0.941. The number of thiophene rings is 1. The summed E-state index contributed by atoms with van der Waals surface area (Å²) in [6.07, 6.45) is 3.75. The molecule has 0 saturated heterocycles. The SMILES string of the molecule is ClCC1(NCc2csc3ccccc23)CCC1. The Morgan fingerprint density at radius 1 is 1.29 bits per heavy atom. The van der Waals surface area contributed by atoms with Crippen LogP contribution in [-0.4, -0.2) is 11.4 Å². The van der Waals surface area contributed by atoms with Crippen molar-refractivity contribution >= 4 is 33.0 Å². The Hall–Kier alpha value is -0.570. The summed E-state index contributed by atoms with van der Waals surface area (Å²) in [5.41, 5.74) is 1.62. The fourth-order valence-corrected chi connectivity index (χ4v) is 3.74. The van der Waals surface area contributed by atoms with E-state index in [4.69, 9.17) is 11.6 Å². The fourth-order valence-electron chi connectivity index (χ4n) is 2.41. The van der Waals surface area contributed by atoms with Crippen LogP contribution in [-0.2, 0) is 6.54 Å². The van der Waals surface area contributed by atoms with Crippen molar-refractivity contribution in [3.63, 3.8) is 0 Å². The molecule has 1 aromatic carbocycles. The first-order chi connectivity index (χ1) is 8.33. The van der Waals surface area contributed by atoms with E-state index in [0.717, 1.165) is 12.4 Å². The second-order valence-electron chi connectivity index (χ2n) is 4.88. The standard InChI is InChI=1S/C14H16ClNS/c15-10-14(6-3-7-14)16-8-11-9-17-13-5-2-1-4-12(11)13/h1-2,4-5,9,16H,3,6-8,10H2. The first-order valence-electron chi connectivity index (χ1n) is 6.09. The number of benzene rings is 1. The lowest BCUT2D eigenvalue weighted by Crippen LogP contribution is -2.52. The van der Waals surface area contributed by atoms with Gasteiger partial charge in [0.25, 0.3) is 0 Å². The van der Waals surface area contributed by atoms with Crippen LogP contribution < -0.4 is 5.32 Å². The van der Waals surface area contributed by atoms with Gasteiger partial charge in [-0.1, -0.05) is 18.2 Å². The van der Waals surface area contributed by atoms with Crippen LogP contribution in [0.1, 0.15) is 24.8 Å². The lowest BCUT2D eigenvalue weighted by Gasteiger charge is -2.41. The summed E-state index contributed by atoms with van der Waals surface area (Å²) >= 11 is 7.88. The van der Waals surface area contributed by atoms with Gasteiger partial charge in [-0.25, -0.2) is 0 Å². The first-order valence-corrected chi connectivity index (χ1v) is 7.51. The molecule has 0 bridgehead atoms. The van der Waals surface area contributed by atoms with Gasteiger partial charge >= 0.3 is 0 Å². The predicted octanol–water partition coefficient (Wildman–Crippen LogP) is 4.15. The van der Waals surface area contributed by atoms with Crippen molar-refractivity contribution in [1.82, 2.24) is 5.32 Å². The van der Waals surface area contributed by atoms with Gasteiger partial charge in [-0.05, 0) is 41.7 Å². The summed E-state index contributed by atoms with van der Waals surface area (Å²) in [5, 5.41) is 7.30. The number of hydrogen-bond acceptors (Lipinski definition) is 2. The zero-order valence-electron chi connectivity index (χ0n) is 9.71. The van der Waals surface area contributed by atoms with Gasteiger partial charge in [-0.3, -0.25) is 0 Å². The zero-order chi connectivity index (χ0) is 11.7. The molecule has 1 N–H and O–H groups in total. The average Bonchev–Trinajstić information content (AvgIpc) is 2.72. The molecule has 0 radical (unpaired) electrons. The molecule has 3 heteroatoms. The van der Waals surface area contributed by atoms with Crippen molar-refractivity contribution < 1.29 is 0 Å². The fraction of sp³-hybridized carbons (Fsp3) is 0.429. The van der Waals surface area contributed by atoms with E-state index in [1.165, 1.54) is 34.9 Å². The third-order valence-corrected chi connectivity index (χ3v) is 5.31. The zero-order valence-corrected chi connectivity index (χ0v) is 11.3. The van der Waals surface area contributed by atoms with Crippen molar-refractivity contribution in [3.05, 3.63) is 35.2 Å². The molecule has 1 fully saturated rings. The molecular formula is C14H16ClNS. The second kappa shape index (κ2) is 4.60. The van der Waals surface area contributed by atoms with Crippen molar-refractivity contribution in [1.29, 1.82) is 0 Å². The Labute approximate surface area is 111 Å². The lowest BCUT2D eigenvalue weighted by molar-refractivity contribution is 0.211. The maximum atomic E-state index is 6.06. The molecule has 1 aliphatic rings. The Bertz CT molecular complexity index is 510. The van der Waals surface area contributed by atoms with Crippen LogP contribution >= 0.6 is 22.9 Å². The number of nitrogens with one attached hydrogen (secondary N) is 1. The van der Waals surface area contributed by atoms with Gasteiger partial charge in [-0.2, -0.15) is 0 Å². The van der Waals surface area contributed by atoms with Gasteiger partial charge in [0.15, 0.2) is 0 Å². The molecule has 0 unspecified atom stereocenters. The van der Waals surface area contributed by atoms with Crippen molar-refractivity contribution in [2.45, 2.75) is 31.3 Å². The molecule has 90 valence electrons. The molecule has 1 aliphatic carbocycles. The molecule has 0 aliphatic heterocycles. The van der Waals surface area contributed by atoms with Gasteiger partial charge in [-0.15, -0.1) is 22.9 Å². The summed E-state index contributed by atoms with van der Waals surface area (Å²) in [4.78, 5) is 0. The molecule has 1 nitrogen and oxygen atoms in total. The van der Waals surface area contributed by atoms with Crippen LogP contribution in [0.15, 0.2) is 29.6 Å². The molecule has 17 heavy (non-hydrogen) atoms. The minimum absolute atomic E-state index is 0.213. The minimum atomic E-state index is 0.213. The second-order valence-corrected chi connectivity index (χ2v) is 6.06. The topological polar surface area (TPSA) is 12.0 Å². The van der Waals surface area contributed by atoms with Crippen LogP contribution in [0.4, 0.5) is 0 Å². The molecule has 3 rings (SSSR count). The molecular weight excluding hydrogens is 250 g/mol. The monoisotopic (exact) mass is 265 g/mol. The molecule has 2 aromatic rings. The highest BCUT2D eigenvalue weighted by Gasteiger charge is 2.35. The maximum Gasteiger partial charge on any atom is 0.0406 e. The van der Waals surface area contributed by atoms with E-state index < -0.39 is 0 Å². The van der Waals surface area contributed by atoms with E-state index in [1.807, 2.05) is 11.3 Å². The highest BCUT2D eigenvalue weighted by atomic mass is 35.5. The quantitative estimate of drug-likeness (QED) is 0.819. The van der Waals surface area contributed by atoms with Crippen molar-refractivity contribution in [2.75, 3.05) is 5.88 Å². The Morgan fingerprint density at radius 3 is 2.82 bits per heavy atom. The van der Waals surface area contributed by atoms with E-state index in [2.05, 4.69) is 35.0 Å². The summed E-state index contributed by atoms with van der Waals surface area (Å²) < 4.78 is 1.37. The molecule has 1 saturated carbocycles. The van der Waals surface area contributed by atoms with E-state index in [1.54, 1.807) is 0 Å². The highest BCUT2D eigenvalue weighted by Crippen LogP contribution is 2.34. The smallest absolute Gasteiger partial charge is 0.0406 e. The number of rotatable bonds is 4. The van der Waals surface area contributed by atoms with Gasteiger partial charge in [0.2, 0.25) is 0 Å². The van der Waals surface area contributed by atoms with Gasteiger partial charge in [0.05, 0.1) is 0 Å². The largest absolute Gasteiger partial charge is 0.306 e. The van der Waals surface area contributed by atoms with Crippen LogP contribution in [0.2, 0.25) is 0 Å². The van der Waals surface area contributed by atoms with Crippen LogP contribution in [0.5, 0.6) is 0 Å².